The van der Waals surface area contributed by atoms with E-state index in [0.717, 1.165) is 6.20 Å². The minimum Gasteiger partial charge on any atom is -0.374 e. The molecule has 0 saturated carbocycles. The summed E-state index contributed by atoms with van der Waals surface area (Å²) in [6.07, 6.45) is -3.21. The fraction of sp³-hybridized carbons (Fsp3) is 0.727. The molecule has 1 unspecified atom stereocenters. The van der Waals surface area contributed by atoms with Crippen LogP contribution in [0.25, 0.3) is 0 Å². The van der Waals surface area contributed by atoms with E-state index in [-0.39, 0.29) is 11.5 Å². The van der Waals surface area contributed by atoms with E-state index < -0.39 is 37.6 Å². The van der Waals surface area contributed by atoms with Crippen molar-refractivity contribution in [2.75, 3.05) is 6.61 Å². The molecule has 2 heterocycles. The highest BCUT2D eigenvalue weighted by molar-refractivity contribution is 7.91. The molecule has 0 amide bonds. The number of sulfone groups is 1. The van der Waals surface area contributed by atoms with Crippen LogP contribution in [0, 0.1) is 0 Å². The molecule has 0 spiro atoms. The van der Waals surface area contributed by atoms with Crippen molar-refractivity contribution in [2.45, 2.75) is 43.0 Å². The van der Waals surface area contributed by atoms with Crippen LogP contribution in [0.4, 0.5) is 13.2 Å². The maximum Gasteiger partial charge on any atom is 0.443 e. The first kappa shape index (κ1) is 15.7. The normalized spacial score (nSPS) is 23.1. The van der Waals surface area contributed by atoms with E-state index >= 15 is 0 Å². The van der Waals surface area contributed by atoms with Gasteiger partial charge >= 0.3 is 6.18 Å². The number of ether oxygens (including phenoxy) is 1. The summed E-state index contributed by atoms with van der Waals surface area (Å²) < 4.78 is 66.9. The highest BCUT2D eigenvalue weighted by Gasteiger charge is 2.40. The van der Waals surface area contributed by atoms with Gasteiger partial charge in [0.05, 0.1) is 23.2 Å². The standard InChI is InChI=1S/C11H14F3NO3S2/c1-10(2)3-8(5-18-10)20(16,17)6-7-4-15-9(19-7)11(12,13)14/h4,8H,3,5-6H2,1-2H3. The molecule has 0 N–H and O–H groups in total. The number of rotatable bonds is 3. The Morgan fingerprint density at radius 1 is 1.50 bits per heavy atom. The minimum absolute atomic E-state index is 0.0836. The van der Waals surface area contributed by atoms with Gasteiger partial charge in [0.25, 0.3) is 0 Å². The van der Waals surface area contributed by atoms with Crippen LogP contribution in [0.2, 0.25) is 0 Å². The van der Waals surface area contributed by atoms with Crippen LogP contribution in [-0.2, 0) is 26.5 Å². The number of alkyl halides is 3. The number of thiazole rings is 1. The minimum atomic E-state index is -4.54. The molecule has 0 aromatic carbocycles. The molecule has 2 rings (SSSR count). The van der Waals surface area contributed by atoms with Crippen molar-refractivity contribution in [3.05, 3.63) is 16.1 Å². The topological polar surface area (TPSA) is 56.3 Å². The van der Waals surface area contributed by atoms with Crippen molar-refractivity contribution >= 4 is 21.2 Å². The summed E-state index contributed by atoms with van der Waals surface area (Å²) in [5.74, 6) is -0.426. The van der Waals surface area contributed by atoms with Gasteiger partial charge in [-0.1, -0.05) is 0 Å². The van der Waals surface area contributed by atoms with Crippen LogP contribution in [0.1, 0.15) is 30.2 Å². The number of hydrogen-bond acceptors (Lipinski definition) is 5. The lowest BCUT2D eigenvalue weighted by molar-refractivity contribution is -0.137. The Kier molecular flexibility index (Phi) is 3.89. The van der Waals surface area contributed by atoms with E-state index in [4.69, 9.17) is 4.74 Å². The van der Waals surface area contributed by atoms with Crippen LogP contribution < -0.4 is 0 Å². The third-order valence-electron chi connectivity index (χ3n) is 3.03. The van der Waals surface area contributed by atoms with Gasteiger partial charge in [0, 0.05) is 11.1 Å². The van der Waals surface area contributed by atoms with Crippen molar-refractivity contribution in [3.8, 4) is 0 Å². The zero-order valence-corrected chi connectivity index (χ0v) is 12.5. The number of aromatic nitrogens is 1. The maximum absolute atomic E-state index is 12.4. The molecule has 0 bridgehead atoms. The molecule has 1 aromatic rings. The first-order valence-corrected chi connectivity index (χ1v) is 8.40. The van der Waals surface area contributed by atoms with Crippen molar-refractivity contribution in [1.29, 1.82) is 0 Å². The number of halogens is 3. The Morgan fingerprint density at radius 3 is 2.60 bits per heavy atom. The molecule has 9 heteroatoms. The maximum atomic E-state index is 12.4. The van der Waals surface area contributed by atoms with Gasteiger partial charge in [-0.15, -0.1) is 11.3 Å². The van der Waals surface area contributed by atoms with Crippen LogP contribution in [-0.4, -0.2) is 30.9 Å². The lowest BCUT2D eigenvalue weighted by atomic mass is 10.1. The van der Waals surface area contributed by atoms with Crippen molar-refractivity contribution in [2.24, 2.45) is 0 Å². The second-order valence-corrected chi connectivity index (χ2v) is 8.73. The first-order chi connectivity index (χ1) is 9.00. The molecule has 1 aliphatic heterocycles. The molecule has 0 radical (unpaired) electrons. The molecule has 114 valence electrons. The quantitative estimate of drug-likeness (QED) is 0.855. The summed E-state index contributed by atoms with van der Waals surface area (Å²) in [6, 6.07) is 0. The van der Waals surface area contributed by atoms with Crippen LogP contribution >= 0.6 is 11.3 Å². The third-order valence-corrected chi connectivity index (χ3v) is 6.28. The highest BCUT2D eigenvalue weighted by Crippen LogP contribution is 2.35. The molecule has 4 nitrogen and oxygen atoms in total. The largest absolute Gasteiger partial charge is 0.443 e. The monoisotopic (exact) mass is 329 g/mol. The molecule has 1 aromatic heterocycles. The number of hydrogen-bond donors (Lipinski definition) is 0. The van der Waals surface area contributed by atoms with E-state index in [9.17, 15) is 21.6 Å². The summed E-state index contributed by atoms with van der Waals surface area (Å²) >= 11 is 0.369. The Morgan fingerprint density at radius 2 is 2.15 bits per heavy atom. The molecule has 1 fully saturated rings. The Balaban J connectivity index is 2.11. The van der Waals surface area contributed by atoms with E-state index in [1.807, 2.05) is 0 Å². The SMILES string of the molecule is CC1(C)CC(S(=O)(=O)Cc2cnc(C(F)(F)F)s2)CO1. The van der Waals surface area contributed by atoms with Crippen molar-refractivity contribution < 1.29 is 26.3 Å². The summed E-state index contributed by atoms with van der Waals surface area (Å²) in [6.45, 7) is 3.66. The smallest absolute Gasteiger partial charge is 0.374 e. The summed E-state index contributed by atoms with van der Waals surface area (Å²) in [7, 11) is -3.54. The van der Waals surface area contributed by atoms with E-state index in [1.165, 1.54) is 0 Å². The van der Waals surface area contributed by atoms with E-state index in [0.29, 0.717) is 17.8 Å². The lowest BCUT2D eigenvalue weighted by Crippen LogP contribution is -2.24. The Labute approximate surface area is 118 Å². The van der Waals surface area contributed by atoms with Gasteiger partial charge in [0.2, 0.25) is 0 Å². The Bertz CT molecular complexity index is 592. The van der Waals surface area contributed by atoms with Gasteiger partial charge < -0.3 is 4.74 Å². The first-order valence-electron chi connectivity index (χ1n) is 5.87. The van der Waals surface area contributed by atoms with Gasteiger partial charge in [-0.05, 0) is 20.3 Å². The van der Waals surface area contributed by atoms with E-state index in [2.05, 4.69) is 4.98 Å². The van der Waals surface area contributed by atoms with Gasteiger partial charge in [-0.3, -0.25) is 0 Å². The van der Waals surface area contributed by atoms with Crippen molar-refractivity contribution in [1.82, 2.24) is 4.98 Å². The average molecular weight is 329 g/mol. The zero-order chi connectivity index (χ0) is 15.2. The van der Waals surface area contributed by atoms with Gasteiger partial charge in [-0.25, -0.2) is 13.4 Å². The molecule has 1 aliphatic rings. The fourth-order valence-electron chi connectivity index (χ4n) is 2.04. The highest BCUT2D eigenvalue weighted by atomic mass is 32.2. The predicted molar refractivity (Wildman–Crippen MR) is 68.2 cm³/mol. The molecular formula is C11H14F3NO3S2. The molecule has 20 heavy (non-hydrogen) atoms. The zero-order valence-electron chi connectivity index (χ0n) is 10.9. The molecule has 0 aliphatic carbocycles. The summed E-state index contributed by atoms with van der Waals surface area (Å²) in [4.78, 5) is 3.32. The van der Waals surface area contributed by atoms with Gasteiger partial charge in [0.1, 0.15) is 0 Å². The Hall–Kier alpha value is -0.670. The van der Waals surface area contributed by atoms with Crippen molar-refractivity contribution in [3.63, 3.8) is 0 Å². The second-order valence-electron chi connectivity index (χ2n) is 5.33. The summed E-state index contributed by atoms with van der Waals surface area (Å²) in [5.41, 5.74) is -0.511. The fourth-order valence-corrected chi connectivity index (χ4v) is 4.98. The predicted octanol–water partition coefficient (Wildman–Crippen LogP) is 2.64. The van der Waals surface area contributed by atoms with E-state index in [1.54, 1.807) is 13.8 Å². The second kappa shape index (κ2) is 4.96. The third kappa shape index (κ3) is 3.50. The lowest BCUT2D eigenvalue weighted by Gasteiger charge is -2.15. The molecular weight excluding hydrogens is 315 g/mol. The molecule has 1 saturated heterocycles. The van der Waals surface area contributed by atoms with Crippen LogP contribution in [0.15, 0.2) is 6.20 Å². The molecule has 1 atom stereocenters. The van der Waals surface area contributed by atoms with Gasteiger partial charge in [-0.2, -0.15) is 13.2 Å². The van der Waals surface area contributed by atoms with Gasteiger partial charge in [0.15, 0.2) is 14.8 Å². The van der Waals surface area contributed by atoms with Crippen LogP contribution in [0.5, 0.6) is 0 Å². The average Bonchev–Trinajstić information content (AvgIpc) is 2.83. The summed E-state index contributed by atoms with van der Waals surface area (Å²) in [5, 5.41) is -1.69. The number of nitrogens with zero attached hydrogens (tertiary/aromatic N) is 1. The van der Waals surface area contributed by atoms with Crippen LogP contribution in [0.3, 0.4) is 0 Å².